The molecule has 0 radical (unpaired) electrons. The van der Waals surface area contributed by atoms with Crippen molar-refractivity contribution in [1.82, 2.24) is 30.0 Å². The van der Waals surface area contributed by atoms with Gasteiger partial charge in [-0.25, -0.2) is 0 Å². The molecule has 1 saturated heterocycles. The molecule has 1 amide bonds. The predicted octanol–water partition coefficient (Wildman–Crippen LogP) is 1.69. The van der Waals surface area contributed by atoms with Crippen LogP contribution in [0.15, 0.2) is 41.1 Å². The van der Waals surface area contributed by atoms with Gasteiger partial charge in [0.15, 0.2) is 5.69 Å². The van der Waals surface area contributed by atoms with Crippen molar-refractivity contribution in [3.63, 3.8) is 0 Å². The molecular weight excluding hydrogens is 370 g/mol. The Kier molecular flexibility index (Phi) is 5.82. The van der Waals surface area contributed by atoms with Crippen LogP contribution in [0.4, 0.5) is 0 Å². The molecule has 2 N–H and O–H groups in total. The van der Waals surface area contributed by atoms with Crippen molar-refractivity contribution >= 4 is 18.3 Å². The fraction of sp³-hybridized carbons (Fsp3) is 0.353. The Morgan fingerprint density at radius 3 is 2.89 bits per heavy atom. The maximum atomic E-state index is 12.8. The molecule has 1 atom stereocenters. The number of nitrogens with two attached hydrogens (primary N) is 1. The lowest BCUT2D eigenvalue weighted by atomic mass is 10.2. The second-order valence-corrected chi connectivity index (χ2v) is 6.13. The van der Waals surface area contributed by atoms with Crippen molar-refractivity contribution < 1.29 is 9.32 Å². The first-order valence-electron chi connectivity index (χ1n) is 8.56. The summed E-state index contributed by atoms with van der Waals surface area (Å²) in [6.45, 7) is 1.58. The van der Waals surface area contributed by atoms with Gasteiger partial charge in [0.2, 0.25) is 11.7 Å². The molecule has 1 aromatic carbocycles. The summed E-state index contributed by atoms with van der Waals surface area (Å²) >= 11 is 0. The molecule has 3 aromatic rings. The fourth-order valence-electron chi connectivity index (χ4n) is 3.13. The van der Waals surface area contributed by atoms with Crippen molar-refractivity contribution in [1.29, 1.82) is 0 Å². The van der Waals surface area contributed by atoms with Crippen LogP contribution in [-0.2, 0) is 6.54 Å². The van der Waals surface area contributed by atoms with E-state index in [1.165, 1.54) is 0 Å². The van der Waals surface area contributed by atoms with E-state index in [9.17, 15) is 4.79 Å². The molecule has 1 fully saturated rings. The Balaban J connectivity index is 0.00000210. The SMILES string of the molecule is Cl.NCCn1cc(C(=O)N2CCCC2c2nc(-c3ccccc3)no2)nn1. The molecule has 4 rings (SSSR count). The van der Waals surface area contributed by atoms with Gasteiger partial charge in [-0.15, -0.1) is 17.5 Å². The van der Waals surface area contributed by atoms with Crippen LogP contribution in [0.1, 0.15) is 35.3 Å². The van der Waals surface area contributed by atoms with Crippen molar-refractivity contribution in [2.75, 3.05) is 13.1 Å². The number of hydrogen-bond donors (Lipinski definition) is 1. The molecule has 0 bridgehead atoms. The van der Waals surface area contributed by atoms with Crippen LogP contribution in [0.2, 0.25) is 0 Å². The Labute approximate surface area is 161 Å². The topological polar surface area (TPSA) is 116 Å². The summed E-state index contributed by atoms with van der Waals surface area (Å²) in [6.07, 6.45) is 3.27. The average Bonchev–Trinajstić information content (AvgIpc) is 3.42. The lowest BCUT2D eigenvalue weighted by Gasteiger charge is -2.20. The highest BCUT2D eigenvalue weighted by Crippen LogP contribution is 2.32. The average molecular weight is 390 g/mol. The molecule has 0 saturated carbocycles. The van der Waals surface area contributed by atoms with Gasteiger partial charge in [0.1, 0.15) is 6.04 Å². The van der Waals surface area contributed by atoms with Crippen LogP contribution in [0, 0.1) is 0 Å². The van der Waals surface area contributed by atoms with Gasteiger partial charge in [-0.2, -0.15) is 4.98 Å². The van der Waals surface area contributed by atoms with E-state index in [-0.39, 0.29) is 24.4 Å². The third-order valence-electron chi connectivity index (χ3n) is 4.39. The molecule has 1 aliphatic heterocycles. The molecule has 142 valence electrons. The molecule has 9 nitrogen and oxygen atoms in total. The van der Waals surface area contributed by atoms with E-state index in [0.29, 0.717) is 37.0 Å². The van der Waals surface area contributed by atoms with Gasteiger partial charge in [-0.3, -0.25) is 9.48 Å². The maximum Gasteiger partial charge on any atom is 0.276 e. The van der Waals surface area contributed by atoms with Crippen LogP contribution in [0.25, 0.3) is 11.4 Å². The summed E-state index contributed by atoms with van der Waals surface area (Å²) in [5, 5.41) is 11.9. The number of aromatic nitrogens is 5. The number of halogens is 1. The van der Waals surface area contributed by atoms with Gasteiger partial charge in [0, 0.05) is 18.7 Å². The molecule has 27 heavy (non-hydrogen) atoms. The van der Waals surface area contributed by atoms with E-state index in [1.807, 2.05) is 30.3 Å². The molecule has 2 aromatic heterocycles. The van der Waals surface area contributed by atoms with E-state index >= 15 is 0 Å². The van der Waals surface area contributed by atoms with Crippen LogP contribution >= 0.6 is 12.4 Å². The van der Waals surface area contributed by atoms with Gasteiger partial charge < -0.3 is 15.2 Å². The standard InChI is InChI=1S/C17H19N7O2.ClH/c18-8-10-23-11-13(20-22-23)17(25)24-9-4-7-14(24)16-19-15(21-26-16)12-5-2-1-3-6-12;/h1-3,5-6,11,14H,4,7-10,18H2;1H. The molecule has 10 heteroatoms. The van der Waals surface area contributed by atoms with Crippen LogP contribution < -0.4 is 5.73 Å². The third-order valence-corrected chi connectivity index (χ3v) is 4.39. The summed E-state index contributed by atoms with van der Waals surface area (Å²) < 4.78 is 7.02. The Morgan fingerprint density at radius 2 is 2.11 bits per heavy atom. The van der Waals surface area contributed by atoms with Crippen LogP contribution in [0.3, 0.4) is 0 Å². The van der Waals surface area contributed by atoms with Gasteiger partial charge in [0.05, 0.1) is 12.7 Å². The van der Waals surface area contributed by atoms with Crippen LogP contribution in [-0.4, -0.2) is 49.0 Å². The van der Waals surface area contributed by atoms with Gasteiger partial charge in [-0.05, 0) is 12.8 Å². The van der Waals surface area contributed by atoms with E-state index in [2.05, 4.69) is 20.5 Å². The second-order valence-electron chi connectivity index (χ2n) is 6.13. The first-order chi connectivity index (χ1) is 12.8. The molecule has 1 unspecified atom stereocenters. The molecule has 3 heterocycles. The fourth-order valence-corrected chi connectivity index (χ4v) is 3.13. The predicted molar refractivity (Wildman–Crippen MR) is 99.1 cm³/mol. The quantitative estimate of drug-likeness (QED) is 0.705. The second kappa shape index (κ2) is 8.28. The first-order valence-corrected chi connectivity index (χ1v) is 8.56. The third kappa shape index (κ3) is 3.83. The summed E-state index contributed by atoms with van der Waals surface area (Å²) in [7, 11) is 0. The number of benzene rings is 1. The molecular formula is C17H20ClN7O2. The van der Waals surface area contributed by atoms with Crippen molar-refractivity contribution in [3.8, 4) is 11.4 Å². The van der Waals surface area contributed by atoms with E-state index < -0.39 is 0 Å². The summed E-state index contributed by atoms with van der Waals surface area (Å²) in [5.41, 5.74) is 6.68. The highest BCUT2D eigenvalue weighted by Gasteiger charge is 2.35. The highest BCUT2D eigenvalue weighted by molar-refractivity contribution is 5.92. The van der Waals surface area contributed by atoms with Gasteiger partial charge in [0.25, 0.3) is 5.91 Å². The number of amides is 1. The zero-order chi connectivity index (χ0) is 17.9. The number of hydrogen-bond acceptors (Lipinski definition) is 7. The minimum Gasteiger partial charge on any atom is -0.337 e. The summed E-state index contributed by atoms with van der Waals surface area (Å²) in [4.78, 5) is 19.0. The number of nitrogens with zero attached hydrogens (tertiary/aromatic N) is 6. The smallest absolute Gasteiger partial charge is 0.276 e. The minimum absolute atomic E-state index is 0. The monoisotopic (exact) mass is 389 g/mol. The number of carbonyl (C=O) groups is 1. The van der Waals surface area contributed by atoms with Gasteiger partial charge >= 0.3 is 0 Å². The molecule has 0 spiro atoms. The first kappa shape index (κ1) is 19.0. The lowest BCUT2D eigenvalue weighted by Crippen LogP contribution is -2.31. The number of carbonyl (C=O) groups excluding carboxylic acids is 1. The number of rotatable bonds is 5. The Bertz CT molecular complexity index is 896. The summed E-state index contributed by atoms with van der Waals surface area (Å²) in [6, 6.07) is 9.36. The van der Waals surface area contributed by atoms with Gasteiger partial charge in [-0.1, -0.05) is 40.7 Å². The van der Waals surface area contributed by atoms with E-state index in [0.717, 1.165) is 18.4 Å². The minimum atomic E-state index is -0.243. The highest BCUT2D eigenvalue weighted by atomic mass is 35.5. The largest absolute Gasteiger partial charge is 0.337 e. The lowest BCUT2D eigenvalue weighted by molar-refractivity contribution is 0.0704. The summed E-state index contributed by atoms with van der Waals surface area (Å²) in [5.74, 6) is 0.785. The normalized spacial score (nSPS) is 16.3. The molecule has 1 aliphatic rings. The van der Waals surface area contributed by atoms with Crippen molar-refractivity contribution in [3.05, 3.63) is 48.1 Å². The van der Waals surface area contributed by atoms with E-state index in [4.69, 9.17) is 10.3 Å². The zero-order valence-corrected chi connectivity index (χ0v) is 15.4. The Morgan fingerprint density at radius 1 is 1.30 bits per heavy atom. The van der Waals surface area contributed by atoms with Crippen molar-refractivity contribution in [2.45, 2.75) is 25.4 Å². The van der Waals surface area contributed by atoms with Crippen molar-refractivity contribution in [2.24, 2.45) is 5.73 Å². The maximum absolute atomic E-state index is 12.8. The Hall–Kier alpha value is -2.78. The van der Waals surface area contributed by atoms with Crippen LogP contribution in [0.5, 0.6) is 0 Å². The molecule has 0 aliphatic carbocycles. The zero-order valence-electron chi connectivity index (χ0n) is 14.6. The van der Waals surface area contributed by atoms with E-state index in [1.54, 1.807) is 15.8 Å². The number of likely N-dealkylation sites (tertiary alicyclic amines) is 1.